The molecule has 3 nitrogen and oxygen atoms in total. The minimum atomic E-state index is -0.862. The van der Waals surface area contributed by atoms with E-state index < -0.39 is 5.54 Å². The van der Waals surface area contributed by atoms with E-state index in [1.54, 1.807) is 26.0 Å². The molecule has 0 spiro atoms. The molecule has 0 heterocycles. The molecule has 2 rings (SSSR count). The zero-order valence-electron chi connectivity index (χ0n) is 10.8. The minimum absolute atomic E-state index is 0.0192. The number of carbonyl (C=O) groups excluding carboxylic acids is 1. The zero-order chi connectivity index (χ0) is 13.4. The van der Waals surface area contributed by atoms with Gasteiger partial charge in [0.1, 0.15) is 5.82 Å². The van der Waals surface area contributed by atoms with Crippen LogP contribution in [0.25, 0.3) is 0 Å². The van der Waals surface area contributed by atoms with Crippen molar-refractivity contribution in [2.75, 3.05) is 6.54 Å². The maximum absolute atomic E-state index is 12.9. The maximum Gasteiger partial charge on any atom is 0.239 e. The predicted octanol–water partition coefficient (Wildman–Crippen LogP) is 1.71. The van der Waals surface area contributed by atoms with E-state index in [2.05, 4.69) is 5.32 Å². The molecule has 18 heavy (non-hydrogen) atoms. The van der Waals surface area contributed by atoms with Crippen molar-refractivity contribution in [2.24, 2.45) is 5.73 Å². The van der Waals surface area contributed by atoms with Gasteiger partial charge in [0, 0.05) is 12.0 Å². The lowest BCUT2D eigenvalue weighted by atomic mass is 9.95. The first-order valence-corrected chi connectivity index (χ1v) is 6.17. The summed E-state index contributed by atoms with van der Waals surface area (Å²) in [6, 6.07) is 6.51. The molecule has 1 aromatic carbocycles. The van der Waals surface area contributed by atoms with Crippen LogP contribution in [0.1, 0.15) is 32.3 Å². The highest BCUT2D eigenvalue weighted by atomic mass is 19.1. The molecule has 1 aliphatic rings. The molecule has 0 radical (unpaired) electrons. The lowest BCUT2D eigenvalue weighted by Gasteiger charge is -2.22. The second-order valence-corrected chi connectivity index (χ2v) is 5.69. The molecule has 0 unspecified atom stereocenters. The Bertz CT molecular complexity index is 444. The van der Waals surface area contributed by atoms with Crippen molar-refractivity contribution in [1.29, 1.82) is 0 Å². The summed E-state index contributed by atoms with van der Waals surface area (Å²) in [5, 5.41) is 2.88. The highest BCUT2D eigenvalue weighted by Gasteiger charge is 2.44. The van der Waals surface area contributed by atoms with Gasteiger partial charge in [0.05, 0.1) is 5.54 Å². The van der Waals surface area contributed by atoms with Gasteiger partial charge in [-0.2, -0.15) is 0 Å². The Morgan fingerprint density at radius 3 is 2.39 bits per heavy atom. The van der Waals surface area contributed by atoms with Crippen LogP contribution in [-0.4, -0.2) is 18.0 Å². The van der Waals surface area contributed by atoms with Crippen molar-refractivity contribution in [1.82, 2.24) is 5.32 Å². The highest BCUT2D eigenvalue weighted by Crippen LogP contribution is 2.47. The molecule has 3 N–H and O–H groups in total. The number of nitrogens with two attached hydrogens (primary N) is 1. The fourth-order valence-electron chi connectivity index (χ4n) is 2.00. The van der Waals surface area contributed by atoms with E-state index in [9.17, 15) is 9.18 Å². The number of benzene rings is 1. The third-order valence-electron chi connectivity index (χ3n) is 3.48. The summed E-state index contributed by atoms with van der Waals surface area (Å²) >= 11 is 0. The van der Waals surface area contributed by atoms with E-state index in [0.29, 0.717) is 6.54 Å². The van der Waals surface area contributed by atoms with E-state index in [4.69, 9.17) is 5.73 Å². The van der Waals surface area contributed by atoms with Crippen molar-refractivity contribution in [3.05, 3.63) is 35.6 Å². The summed E-state index contributed by atoms with van der Waals surface area (Å²) in [4.78, 5) is 11.7. The molecule has 0 bridgehead atoms. The molecule has 0 atom stereocenters. The lowest BCUT2D eigenvalue weighted by molar-refractivity contribution is -0.125. The number of halogens is 1. The van der Waals surface area contributed by atoms with Gasteiger partial charge in [-0.15, -0.1) is 0 Å². The molecular formula is C14H19FN2O. The zero-order valence-corrected chi connectivity index (χ0v) is 10.8. The second-order valence-electron chi connectivity index (χ2n) is 5.69. The fourth-order valence-corrected chi connectivity index (χ4v) is 2.00. The number of hydrogen-bond acceptors (Lipinski definition) is 2. The van der Waals surface area contributed by atoms with Gasteiger partial charge in [0.25, 0.3) is 0 Å². The number of carbonyl (C=O) groups is 1. The Morgan fingerprint density at radius 2 is 1.94 bits per heavy atom. The number of rotatable bonds is 4. The van der Waals surface area contributed by atoms with Crippen molar-refractivity contribution >= 4 is 5.91 Å². The third kappa shape index (κ3) is 2.70. The SMILES string of the molecule is CC(C)(N)C(=O)NCC1(c2ccc(F)cc2)CC1. The number of amides is 1. The standard InChI is InChI=1S/C14H19FN2O/c1-13(2,16)12(18)17-9-14(7-8-14)10-3-5-11(15)6-4-10/h3-6H,7-9,16H2,1-2H3,(H,17,18). The van der Waals surface area contributed by atoms with E-state index in [-0.39, 0.29) is 17.1 Å². The third-order valence-corrected chi connectivity index (χ3v) is 3.48. The van der Waals surface area contributed by atoms with E-state index in [1.165, 1.54) is 12.1 Å². The van der Waals surface area contributed by atoms with Gasteiger partial charge in [-0.3, -0.25) is 4.79 Å². The first-order valence-electron chi connectivity index (χ1n) is 6.17. The molecule has 1 amide bonds. The quantitative estimate of drug-likeness (QED) is 0.854. The first-order chi connectivity index (χ1) is 8.33. The van der Waals surface area contributed by atoms with Crippen LogP contribution < -0.4 is 11.1 Å². The first kappa shape index (κ1) is 13.0. The molecule has 1 fully saturated rings. The van der Waals surface area contributed by atoms with Crippen LogP contribution >= 0.6 is 0 Å². The van der Waals surface area contributed by atoms with Gasteiger partial charge in [-0.05, 0) is 44.4 Å². The van der Waals surface area contributed by atoms with Gasteiger partial charge < -0.3 is 11.1 Å². The van der Waals surface area contributed by atoms with Gasteiger partial charge in [-0.1, -0.05) is 12.1 Å². The summed E-state index contributed by atoms with van der Waals surface area (Å²) in [5.41, 5.74) is 5.93. The minimum Gasteiger partial charge on any atom is -0.354 e. The Hall–Kier alpha value is -1.42. The van der Waals surface area contributed by atoms with Crippen molar-refractivity contribution in [3.8, 4) is 0 Å². The van der Waals surface area contributed by atoms with E-state index in [1.807, 2.05) is 0 Å². The fraction of sp³-hybridized carbons (Fsp3) is 0.500. The summed E-state index contributed by atoms with van der Waals surface area (Å²) in [6.07, 6.45) is 2.04. The van der Waals surface area contributed by atoms with Crippen LogP contribution in [0.15, 0.2) is 24.3 Å². The molecule has 4 heteroatoms. The van der Waals surface area contributed by atoms with Crippen molar-refractivity contribution in [2.45, 2.75) is 37.6 Å². The van der Waals surface area contributed by atoms with Gasteiger partial charge in [-0.25, -0.2) is 4.39 Å². The molecule has 1 aliphatic carbocycles. The van der Waals surface area contributed by atoms with Crippen LogP contribution in [0.2, 0.25) is 0 Å². The van der Waals surface area contributed by atoms with E-state index in [0.717, 1.165) is 18.4 Å². The Labute approximate surface area is 107 Å². The summed E-state index contributed by atoms with van der Waals surface area (Å²) in [7, 11) is 0. The van der Waals surface area contributed by atoms with Crippen LogP contribution in [0.5, 0.6) is 0 Å². The van der Waals surface area contributed by atoms with E-state index >= 15 is 0 Å². The normalized spacial score (nSPS) is 17.3. The Kier molecular flexibility index (Phi) is 3.15. The topological polar surface area (TPSA) is 55.1 Å². The highest BCUT2D eigenvalue weighted by molar-refractivity contribution is 5.85. The van der Waals surface area contributed by atoms with Gasteiger partial charge >= 0.3 is 0 Å². The molecule has 1 saturated carbocycles. The van der Waals surface area contributed by atoms with Crippen molar-refractivity contribution in [3.63, 3.8) is 0 Å². The average Bonchev–Trinajstić information content (AvgIpc) is 3.06. The molecule has 1 aromatic rings. The smallest absolute Gasteiger partial charge is 0.239 e. The van der Waals surface area contributed by atoms with Crippen LogP contribution in [0, 0.1) is 5.82 Å². The molecule has 0 saturated heterocycles. The van der Waals surface area contributed by atoms with Crippen LogP contribution in [0.4, 0.5) is 4.39 Å². The predicted molar refractivity (Wildman–Crippen MR) is 68.6 cm³/mol. The summed E-state index contributed by atoms with van der Waals surface area (Å²) in [5.74, 6) is -0.391. The Morgan fingerprint density at radius 1 is 1.39 bits per heavy atom. The van der Waals surface area contributed by atoms with Gasteiger partial charge in [0.2, 0.25) is 5.91 Å². The summed E-state index contributed by atoms with van der Waals surface area (Å²) < 4.78 is 12.9. The van der Waals surface area contributed by atoms with Crippen molar-refractivity contribution < 1.29 is 9.18 Å². The second kappa shape index (κ2) is 4.35. The molecule has 98 valence electrons. The number of hydrogen-bond donors (Lipinski definition) is 2. The lowest BCUT2D eigenvalue weighted by Crippen LogP contribution is -2.50. The largest absolute Gasteiger partial charge is 0.354 e. The van der Waals surface area contributed by atoms with Crippen LogP contribution in [-0.2, 0) is 10.2 Å². The maximum atomic E-state index is 12.9. The molecule has 0 aliphatic heterocycles. The van der Waals surface area contributed by atoms with Gasteiger partial charge in [0.15, 0.2) is 0 Å². The van der Waals surface area contributed by atoms with Crippen LogP contribution in [0.3, 0.4) is 0 Å². The average molecular weight is 250 g/mol. The number of nitrogens with one attached hydrogen (secondary N) is 1. The Balaban J connectivity index is 2.01. The monoisotopic (exact) mass is 250 g/mol. The molecule has 0 aromatic heterocycles. The molecular weight excluding hydrogens is 231 g/mol. The summed E-state index contributed by atoms with van der Waals surface area (Å²) in [6.45, 7) is 3.93.